The van der Waals surface area contributed by atoms with Crippen molar-refractivity contribution in [2.45, 2.75) is 10.1 Å². The predicted molar refractivity (Wildman–Crippen MR) is 101 cm³/mol. The maximum absolute atomic E-state index is 13.4. The van der Waals surface area contributed by atoms with Gasteiger partial charge in [-0.05, 0) is 42.2 Å². The molecular weight excluding hydrogens is 379 g/mol. The Morgan fingerprint density at radius 3 is 2.60 bits per heavy atom. The van der Waals surface area contributed by atoms with E-state index in [1.54, 1.807) is 34.3 Å². The molecule has 0 fully saturated rings. The van der Waals surface area contributed by atoms with Crippen LogP contribution in [0.15, 0.2) is 57.6 Å². The van der Waals surface area contributed by atoms with Gasteiger partial charge in [-0.3, -0.25) is 0 Å². The van der Waals surface area contributed by atoms with Crippen molar-refractivity contribution in [2.75, 3.05) is 12.0 Å². The Labute approximate surface area is 157 Å². The molecule has 2 aromatic carbocycles. The van der Waals surface area contributed by atoms with Crippen LogP contribution < -0.4 is 0 Å². The van der Waals surface area contributed by atoms with E-state index in [1.165, 1.54) is 17.0 Å². The van der Waals surface area contributed by atoms with Crippen molar-refractivity contribution in [3.05, 3.63) is 58.9 Å². The lowest BCUT2D eigenvalue weighted by Crippen LogP contribution is -2.13. The van der Waals surface area contributed by atoms with Gasteiger partial charge in [0.05, 0.1) is 10.7 Å². The van der Waals surface area contributed by atoms with Crippen LogP contribution in [0, 0.1) is 5.82 Å². The molecule has 0 unspecified atom stereocenters. The average molecular weight is 391 g/mol. The molecule has 0 spiro atoms. The predicted octanol–water partition coefficient (Wildman–Crippen LogP) is 4.82. The SMILES string of the molecule is CSc1ccc(C2=Nn3c(nnc3-c3ccc(F)c(Cl)c3)SC2)cc1. The topological polar surface area (TPSA) is 43.1 Å². The molecule has 0 atom stereocenters. The van der Waals surface area contributed by atoms with Gasteiger partial charge in [-0.25, -0.2) is 4.39 Å². The molecule has 4 nitrogen and oxygen atoms in total. The van der Waals surface area contributed by atoms with E-state index in [2.05, 4.69) is 34.5 Å². The van der Waals surface area contributed by atoms with Crippen LogP contribution in [0.2, 0.25) is 5.02 Å². The van der Waals surface area contributed by atoms with E-state index in [1.807, 2.05) is 6.26 Å². The molecule has 1 aliphatic heterocycles. The smallest absolute Gasteiger partial charge is 0.205 e. The third kappa shape index (κ3) is 3.19. The maximum atomic E-state index is 13.4. The van der Waals surface area contributed by atoms with Crippen LogP contribution in [0.25, 0.3) is 11.4 Å². The number of halogens is 2. The van der Waals surface area contributed by atoms with Gasteiger partial charge in [0, 0.05) is 16.2 Å². The lowest BCUT2D eigenvalue weighted by atomic mass is 10.1. The molecule has 126 valence electrons. The Kier molecular flexibility index (Phi) is 4.54. The maximum Gasteiger partial charge on any atom is 0.212 e. The number of hydrogen-bond acceptors (Lipinski definition) is 5. The summed E-state index contributed by atoms with van der Waals surface area (Å²) in [5, 5.41) is 13.8. The molecule has 0 aliphatic carbocycles. The fourth-order valence-electron chi connectivity index (χ4n) is 2.47. The van der Waals surface area contributed by atoms with Crippen molar-refractivity contribution in [1.29, 1.82) is 0 Å². The molecule has 1 aromatic heterocycles. The second kappa shape index (κ2) is 6.82. The third-order valence-corrected chi connectivity index (χ3v) is 5.74. The van der Waals surface area contributed by atoms with Gasteiger partial charge in [0.15, 0.2) is 5.82 Å². The van der Waals surface area contributed by atoms with Gasteiger partial charge < -0.3 is 0 Å². The quantitative estimate of drug-likeness (QED) is 0.601. The first-order valence-corrected chi connectivity index (χ1v) is 10.0. The van der Waals surface area contributed by atoms with Gasteiger partial charge in [-0.1, -0.05) is 35.5 Å². The van der Waals surface area contributed by atoms with Crippen molar-refractivity contribution in [3.63, 3.8) is 0 Å². The fraction of sp³-hybridized carbons (Fsp3) is 0.118. The Morgan fingerprint density at radius 1 is 1.12 bits per heavy atom. The summed E-state index contributed by atoms with van der Waals surface area (Å²) in [5.74, 6) is 0.805. The lowest BCUT2D eigenvalue weighted by molar-refractivity contribution is 0.628. The highest BCUT2D eigenvalue weighted by atomic mass is 35.5. The largest absolute Gasteiger partial charge is 0.212 e. The van der Waals surface area contributed by atoms with Gasteiger partial charge in [-0.2, -0.15) is 9.78 Å². The number of aromatic nitrogens is 3. The highest BCUT2D eigenvalue weighted by Crippen LogP contribution is 2.30. The molecule has 0 radical (unpaired) electrons. The van der Waals surface area contributed by atoms with Crippen LogP contribution in [-0.2, 0) is 0 Å². The number of fused-ring (bicyclic) bond motifs is 1. The van der Waals surface area contributed by atoms with Gasteiger partial charge in [0.2, 0.25) is 5.16 Å². The Bertz CT molecular complexity index is 969. The molecular formula is C17H12ClFN4S2. The van der Waals surface area contributed by atoms with Gasteiger partial charge in [0.25, 0.3) is 0 Å². The van der Waals surface area contributed by atoms with Crippen LogP contribution >= 0.6 is 35.1 Å². The van der Waals surface area contributed by atoms with Gasteiger partial charge >= 0.3 is 0 Å². The van der Waals surface area contributed by atoms with Crippen molar-refractivity contribution in [2.24, 2.45) is 5.10 Å². The molecule has 0 bridgehead atoms. The highest BCUT2D eigenvalue weighted by molar-refractivity contribution is 8.00. The number of benzene rings is 2. The number of thioether (sulfide) groups is 2. The molecule has 0 amide bonds. The van der Waals surface area contributed by atoms with E-state index in [4.69, 9.17) is 16.7 Å². The van der Waals surface area contributed by atoms with Gasteiger partial charge in [0.1, 0.15) is 5.82 Å². The zero-order valence-corrected chi connectivity index (χ0v) is 15.5. The van der Waals surface area contributed by atoms with Crippen molar-refractivity contribution in [1.82, 2.24) is 14.9 Å². The Morgan fingerprint density at radius 2 is 1.88 bits per heavy atom. The minimum absolute atomic E-state index is 0.0511. The van der Waals surface area contributed by atoms with E-state index >= 15 is 0 Å². The number of hydrogen-bond donors (Lipinski definition) is 0. The standard InChI is InChI=1S/C17H12ClFN4S2/c1-24-12-5-2-10(3-6-12)15-9-25-17-21-20-16(23(17)22-15)11-4-7-14(19)13(18)8-11/h2-8H,9H2,1H3. The van der Waals surface area contributed by atoms with E-state index < -0.39 is 5.82 Å². The number of nitrogens with zero attached hydrogens (tertiary/aromatic N) is 4. The van der Waals surface area contributed by atoms with Crippen LogP contribution in [0.3, 0.4) is 0 Å². The van der Waals surface area contributed by atoms with Crippen LogP contribution in [0.4, 0.5) is 4.39 Å². The van der Waals surface area contributed by atoms with Crippen LogP contribution in [-0.4, -0.2) is 32.6 Å². The summed E-state index contributed by atoms with van der Waals surface area (Å²) in [7, 11) is 0. The van der Waals surface area contributed by atoms with Crippen LogP contribution in [0.5, 0.6) is 0 Å². The molecule has 1 aliphatic rings. The first-order chi connectivity index (χ1) is 12.2. The normalized spacial score (nSPS) is 13.5. The minimum atomic E-state index is -0.462. The van der Waals surface area contributed by atoms with Crippen molar-refractivity contribution >= 4 is 40.8 Å². The molecule has 2 heterocycles. The summed E-state index contributed by atoms with van der Waals surface area (Å²) < 4.78 is 15.1. The Hall–Kier alpha value is -1.83. The molecule has 25 heavy (non-hydrogen) atoms. The summed E-state index contributed by atoms with van der Waals surface area (Å²) in [6.07, 6.45) is 2.05. The summed E-state index contributed by atoms with van der Waals surface area (Å²) >= 11 is 9.17. The summed E-state index contributed by atoms with van der Waals surface area (Å²) in [6.45, 7) is 0. The Balaban J connectivity index is 1.75. The van der Waals surface area contributed by atoms with Crippen molar-refractivity contribution in [3.8, 4) is 11.4 Å². The van der Waals surface area contributed by atoms with Crippen molar-refractivity contribution < 1.29 is 4.39 Å². The first kappa shape index (κ1) is 16.6. The van der Waals surface area contributed by atoms with E-state index in [0.29, 0.717) is 16.5 Å². The highest BCUT2D eigenvalue weighted by Gasteiger charge is 2.21. The molecule has 0 N–H and O–H groups in total. The lowest BCUT2D eigenvalue weighted by Gasteiger charge is -2.14. The zero-order valence-electron chi connectivity index (χ0n) is 13.1. The van der Waals surface area contributed by atoms with E-state index in [0.717, 1.165) is 17.0 Å². The molecule has 3 aromatic rings. The summed E-state index contributed by atoms with van der Waals surface area (Å²) in [4.78, 5) is 1.21. The second-order valence-electron chi connectivity index (χ2n) is 5.31. The first-order valence-electron chi connectivity index (χ1n) is 7.41. The molecule has 4 rings (SSSR count). The third-order valence-electron chi connectivity index (χ3n) is 3.77. The fourth-order valence-corrected chi connectivity index (χ4v) is 3.89. The second-order valence-corrected chi connectivity index (χ2v) is 7.54. The van der Waals surface area contributed by atoms with E-state index in [-0.39, 0.29) is 5.02 Å². The minimum Gasteiger partial charge on any atom is -0.205 e. The molecule has 8 heteroatoms. The zero-order chi connectivity index (χ0) is 17.4. The average Bonchev–Trinajstić information content (AvgIpc) is 3.07. The molecule has 0 saturated carbocycles. The van der Waals surface area contributed by atoms with Crippen LogP contribution in [0.1, 0.15) is 5.56 Å². The molecule has 0 saturated heterocycles. The van der Waals surface area contributed by atoms with E-state index in [9.17, 15) is 4.39 Å². The number of rotatable bonds is 3. The summed E-state index contributed by atoms with van der Waals surface area (Å²) in [6, 6.07) is 12.8. The van der Waals surface area contributed by atoms with Gasteiger partial charge in [-0.15, -0.1) is 22.0 Å². The monoisotopic (exact) mass is 390 g/mol. The summed E-state index contributed by atoms with van der Waals surface area (Å²) in [5.41, 5.74) is 2.68.